The van der Waals surface area contributed by atoms with E-state index in [0.29, 0.717) is 33.7 Å². The molecular weight excluding hydrogens is 521 g/mol. The predicted molar refractivity (Wildman–Crippen MR) is 147 cm³/mol. The summed E-state index contributed by atoms with van der Waals surface area (Å²) in [5.41, 5.74) is 3.68. The lowest BCUT2D eigenvalue weighted by Gasteiger charge is -2.12. The van der Waals surface area contributed by atoms with Gasteiger partial charge in [0.25, 0.3) is 5.91 Å². The number of thioether (sulfide) groups is 1. The molecule has 0 saturated carbocycles. The minimum absolute atomic E-state index is 0.0258. The van der Waals surface area contributed by atoms with E-state index >= 15 is 0 Å². The first-order valence-electron chi connectivity index (χ1n) is 12.0. The predicted octanol–water partition coefficient (Wildman–Crippen LogP) is 4.70. The minimum Gasteiger partial charge on any atom is -0.497 e. The molecular formula is C28H28FN5O4S. The highest BCUT2D eigenvalue weighted by Gasteiger charge is 2.18. The molecule has 0 atom stereocenters. The number of nitrogens with one attached hydrogen (secondary N) is 2. The molecule has 0 radical (unpaired) electrons. The SMILES string of the molecule is COc1cc(OC)cc(C(=O)NCc2nnc(SCC(=O)Nc3cc(C)ccc3C)n2-c2ccc(F)cc2)c1. The fourth-order valence-corrected chi connectivity index (χ4v) is 4.52. The molecule has 0 bridgehead atoms. The third-order valence-electron chi connectivity index (χ3n) is 5.81. The van der Waals surface area contributed by atoms with E-state index in [9.17, 15) is 14.0 Å². The van der Waals surface area contributed by atoms with Gasteiger partial charge in [-0.3, -0.25) is 14.2 Å². The van der Waals surface area contributed by atoms with Crippen molar-refractivity contribution in [3.63, 3.8) is 0 Å². The summed E-state index contributed by atoms with van der Waals surface area (Å²) in [5.74, 6) is 0.464. The maximum Gasteiger partial charge on any atom is 0.251 e. The van der Waals surface area contributed by atoms with Crippen LogP contribution in [0.1, 0.15) is 27.3 Å². The van der Waals surface area contributed by atoms with Crippen molar-refractivity contribution in [1.29, 1.82) is 0 Å². The summed E-state index contributed by atoms with van der Waals surface area (Å²) in [5, 5.41) is 14.7. The van der Waals surface area contributed by atoms with Crippen LogP contribution in [0.25, 0.3) is 5.69 Å². The van der Waals surface area contributed by atoms with Crippen molar-refractivity contribution in [2.45, 2.75) is 25.5 Å². The number of aryl methyl sites for hydroxylation is 2. The molecule has 0 aliphatic carbocycles. The zero-order chi connectivity index (χ0) is 27.9. The highest BCUT2D eigenvalue weighted by molar-refractivity contribution is 7.99. The van der Waals surface area contributed by atoms with E-state index in [-0.39, 0.29) is 24.1 Å². The zero-order valence-corrected chi connectivity index (χ0v) is 22.8. The van der Waals surface area contributed by atoms with Crippen LogP contribution in [0, 0.1) is 19.7 Å². The molecule has 0 unspecified atom stereocenters. The Morgan fingerprint density at radius 1 is 0.949 bits per heavy atom. The molecule has 0 aliphatic rings. The zero-order valence-electron chi connectivity index (χ0n) is 21.9. The molecule has 2 amide bonds. The molecule has 0 fully saturated rings. The molecule has 0 spiro atoms. The molecule has 4 rings (SSSR count). The lowest BCUT2D eigenvalue weighted by molar-refractivity contribution is -0.113. The lowest BCUT2D eigenvalue weighted by Crippen LogP contribution is -2.24. The van der Waals surface area contributed by atoms with Crippen molar-refractivity contribution in [3.8, 4) is 17.2 Å². The van der Waals surface area contributed by atoms with E-state index in [1.165, 1.54) is 38.1 Å². The van der Waals surface area contributed by atoms with E-state index in [1.807, 2.05) is 32.0 Å². The first-order valence-corrected chi connectivity index (χ1v) is 13.0. The molecule has 2 N–H and O–H groups in total. The third-order valence-corrected chi connectivity index (χ3v) is 6.73. The van der Waals surface area contributed by atoms with Gasteiger partial charge < -0.3 is 20.1 Å². The number of carbonyl (C=O) groups is 2. The number of nitrogens with zero attached hydrogens (tertiary/aromatic N) is 3. The second kappa shape index (κ2) is 12.4. The lowest BCUT2D eigenvalue weighted by atomic mass is 10.1. The number of anilines is 1. The second-order valence-corrected chi connectivity index (χ2v) is 9.59. The second-order valence-electron chi connectivity index (χ2n) is 8.65. The highest BCUT2D eigenvalue weighted by atomic mass is 32.2. The highest BCUT2D eigenvalue weighted by Crippen LogP contribution is 2.25. The van der Waals surface area contributed by atoms with Crippen LogP contribution in [0.15, 0.2) is 65.8 Å². The number of aromatic nitrogens is 3. The van der Waals surface area contributed by atoms with Gasteiger partial charge in [-0.1, -0.05) is 23.9 Å². The van der Waals surface area contributed by atoms with E-state index in [4.69, 9.17) is 9.47 Å². The van der Waals surface area contributed by atoms with Gasteiger partial charge in [-0.25, -0.2) is 4.39 Å². The Morgan fingerprint density at radius 3 is 2.31 bits per heavy atom. The van der Waals surface area contributed by atoms with Gasteiger partial charge in [-0.05, 0) is 67.4 Å². The fourth-order valence-electron chi connectivity index (χ4n) is 3.74. The Bertz CT molecular complexity index is 1470. The van der Waals surface area contributed by atoms with Gasteiger partial charge in [0.2, 0.25) is 5.91 Å². The number of hydrogen-bond donors (Lipinski definition) is 2. The number of methoxy groups -OCH3 is 2. The van der Waals surface area contributed by atoms with Crippen molar-refractivity contribution in [2.24, 2.45) is 0 Å². The van der Waals surface area contributed by atoms with Gasteiger partial charge in [0.1, 0.15) is 17.3 Å². The molecule has 202 valence electrons. The first kappa shape index (κ1) is 27.6. The number of halogens is 1. The standard InChI is InChI=1S/C28H28FN5O4S/c1-17-5-6-18(2)24(11-17)31-26(35)16-39-28-33-32-25(34(28)21-9-7-20(29)8-10-21)15-30-27(36)19-12-22(37-3)14-23(13-19)38-4/h5-14H,15-16H2,1-4H3,(H,30,36)(H,31,35). The molecule has 1 aromatic heterocycles. The summed E-state index contributed by atoms with van der Waals surface area (Å²) >= 11 is 1.18. The molecule has 4 aromatic rings. The van der Waals surface area contributed by atoms with Crippen LogP contribution in [0.5, 0.6) is 11.5 Å². The number of hydrogen-bond acceptors (Lipinski definition) is 7. The molecule has 11 heteroatoms. The minimum atomic E-state index is -0.393. The van der Waals surface area contributed by atoms with E-state index in [1.54, 1.807) is 34.9 Å². The van der Waals surface area contributed by atoms with Crippen molar-refractivity contribution >= 4 is 29.3 Å². The number of rotatable bonds is 10. The Labute approximate surface area is 229 Å². The largest absolute Gasteiger partial charge is 0.497 e. The van der Waals surface area contributed by atoms with Crippen LogP contribution in [0.2, 0.25) is 0 Å². The van der Waals surface area contributed by atoms with Gasteiger partial charge in [0, 0.05) is 23.0 Å². The topological polar surface area (TPSA) is 107 Å². The Morgan fingerprint density at radius 2 is 1.64 bits per heavy atom. The molecule has 0 aliphatic heterocycles. The summed E-state index contributed by atoms with van der Waals surface area (Å²) in [4.78, 5) is 25.6. The Hall–Kier alpha value is -4.38. The average molecular weight is 550 g/mol. The number of carbonyl (C=O) groups excluding carboxylic acids is 2. The number of ether oxygens (including phenoxy) is 2. The van der Waals surface area contributed by atoms with Crippen molar-refractivity contribution in [1.82, 2.24) is 20.1 Å². The normalized spacial score (nSPS) is 10.7. The van der Waals surface area contributed by atoms with Gasteiger partial charge >= 0.3 is 0 Å². The molecule has 0 saturated heterocycles. The quantitative estimate of drug-likeness (QED) is 0.276. The van der Waals surface area contributed by atoms with Crippen LogP contribution < -0.4 is 20.1 Å². The van der Waals surface area contributed by atoms with Crippen molar-refractivity contribution in [2.75, 3.05) is 25.3 Å². The van der Waals surface area contributed by atoms with Crippen molar-refractivity contribution in [3.05, 3.63) is 89.0 Å². The average Bonchev–Trinajstić information content (AvgIpc) is 3.35. The van der Waals surface area contributed by atoms with Crippen LogP contribution in [0.4, 0.5) is 10.1 Å². The van der Waals surface area contributed by atoms with Crippen LogP contribution in [-0.4, -0.2) is 46.6 Å². The number of amides is 2. The maximum atomic E-state index is 13.6. The summed E-state index contributed by atoms with van der Waals surface area (Å²) in [7, 11) is 3.01. The summed E-state index contributed by atoms with van der Waals surface area (Å²) in [6.45, 7) is 3.91. The smallest absolute Gasteiger partial charge is 0.251 e. The van der Waals surface area contributed by atoms with E-state index in [0.717, 1.165) is 16.8 Å². The van der Waals surface area contributed by atoms with Crippen molar-refractivity contribution < 1.29 is 23.5 Å². The third kappa shape index (κ3) is 6.94. The van der Waals surface area contributed by atoms with Gasteiger partial charge in [-0.15, -0.1) is 10.2 Å². The monoisotopic (exact) mass is 549 g/mol. The summed E-state index contributed by atoms with van der Waals surface area (Å²) in [6.07, 6.45) is 0. The molecule has 9 nitrogen and oxygen atoms in total. The van der Waals surface area contributed by atoms with Crippen LogP contribution in [-0.2, 0) is 11.3 Å². The summed E-state index contributed by atoms with van der Waals surface area (Å²) < 4.78 is 25.8. The maximum absolute atomic E-state index is 13.6. The Balaban J connectivity index is 1.52. The van der Waals surface area contributed by atoms with Gasteiger partial charge in [-0.2, -0.15) is 0 Å². The van der Waals surface area contributed by atoms with Gasteiger partial charge in [0.05, 0.1) is 26.5 Å². The summed E-state index contributed by atoms with van der Waals surface area (Å²) in [6, 6.07) is 16.5. The van der Waals surface area contributed by atoms with Crippen LogP contribution >= 0.6 is 11.8 Å². The Kier molecular flexibility index (Phi) is 8.82. The number of benzene rings is 3. The van der Waals surface area contributed by atoms with Gasteiger partial charge in [0.15, 0.2) is 11.0 Å². The van der Waals surface area contributed by atoms with E-state index < -0.39 is 5.82 Å². The fraction of sp³-hybridized carbons (Fsp3) is 0.214. The molecule has 3 aromatic carbocycles. The first-order chi connectivity index (χ1) is 18.8. The van der Waals surface area contributed by atoms with Crippen LogP contribution in [0.3, 0.4) is 0 Å². The molecule has 39 heavy (non-hydrogen) atoms. The van der Waals surface area contributed by atoms with E-state index in [2.05, 4.69) is 20.8 Å². The molecule has 1 heterocycles.